The Bertz CT molecular complexity index is 388. The van der Waals surface area contributed by atoms with Crippen LogP contribution < -0.4 is 0 Å². The van der Waals surface area contributed by atoms with Gasteiger partial charge in [0.1, 0.15) is 5.69 Å². The molecule has 1 N–H and O–H groups in total. The van der Waals surface area contributed by atoms with Crippen molar-refractivity contribution >= 4 is 5.97 Å². The number of carbonyl (C=O) groups is 1. The second kappa shape index (κ2) is 4.28. The maximum Gasteiger partial charge on any atom is 0.354 e. The average Bonchev–Trinajstić information content (AvgIpc) is 2.60. The molecule has 1 aromatic rings. The van der Waals surface area contributed by atoms with Crippen LogP contribution in [-0.4, -0.2) is 20.9 Å². The van der Waals surface area contributed by atoms with Crippen molar-refractivity contribution in [1.29, 1.82) is 0 Å². The normalized spacial score (nSPS) is 13.8. The van der Waals surface area contributed by atoms with E-state index in [1.807, 2.05) is 34.6 Å². The Labute approximate surface area is 96.3 Å². The SMILES string of the molecule is CCC(C)n1nc(C(C)(C)C)cc1C(=O)O. The summed E-state index contributed by atoms with van der Waals surface area (Å²) in [6.07, 6.45) is 0.867. The minimum atomic E-state index is -0.914. The van der Waals surface area contributed by atoms with Crippen LogP contribution >= 0.6 is 0 Å². The van der Waals surface area contributed by atoms with Crippen LogP contribution in [0, 0.1) is 0 Å². The Morgan fingerprint density at radius 3 is 2.50 bits per heavy atom. The average molecular weight is 224 g/mol. The monoisotopic (exact) mass is 224 g/mol. The second-order valence-electron chi connectivity index (χ2n) is 5.17. The summed E-state index contributed by atoms with van der Waals surface area (Å²) < 4.78 is 1.61. The number of rotatable bonds is 3. The quantitative estimate of drug-likeness (QED) is 0.858. The molecule has 0 aromatic carbocycles. The molecule has 0 spiro atoms. The fourth-order valence-electron chi connectivity index (χ4n) is 1.43. The van der Waals surface area contributed by atoms with Crippen LogP contribution in [0.5, 0.6) is 0 Å². The van der Waals surface area contributed by atoms with Crippen LogP contribution in [0.1, 0.15) is 63.3 Å². The largest absolute Gasteiger partial charge is 0.477 e. The molecule has 0 aliphatic carbocycles. The molecule has 0 bridgehead atoms. The Morgan fingerprint density at radius 2 is 2.12 bits per heavy atom. The summed E-state index contributed by atoms with van der Waals surface area (Å²) in [5, 5.41) is 13.5. The first kappa shape index (κ1) is 12.7. The van der Waals surface area contributed by atoms with Gasteiger partial charge in [-0.2, -0.15) is 5.10 Å². The number of hydrogen-bond acceptors (Lipinski definition) is 2. The van der Waals surface area contributed by atoms with Gasteiger partial charge in [0, 0.05) is 11.5 Å². The highest BCUT2D eigenvalue weighted by atomic mass is 16.4. The second-order valence-corrected chi connectivity index (χ2v) is 5.17. The molecular weight excluding hydrogens is 204 g/mol. The molecule has 1 rings (SSSR count). The van der Waals surface area contributed by atoms with Gasteiger partial charge in [-0.05, 0) is 19.4 Å². The lowest BCUT2D eigenvalue weighted by atomic mass is 9.92. The minimum Gasteiger partial charge on any atom is -0.477 e. The first-order chi connectivity index (χ1) is 7.27. The summed E-state index contributed by atoms with van der Waals surface area (Å²) >= 11 is 0. The van der Waals surface area contributed by atoms with Gasteiger partial charge in [-0.1, -0.05) is 27.7 Å². The maximum atomic E-state index is 11.1. The van der Waals surface area contributed by atoms with Crippen LogP contribution in [-0.2, 0) is 5.41 Å². The third-order valence-electron chi connectivity index (χ3n) is 2.73. The molecule has 16 heavy (non-hydrogen) atoms. The van der Waals surface area contributed by atoms with E-state index in [9.17, 15) is 4.79 Å². The first-order valence-corrected chi connectivity index (χ1v) is 5.60. The van der Waals surface area contributed by atoms with Crippen LogP contribution in [0.25, 0.3) is 0 Å². The van der Waals surface area contributed by atoms with Gasteiger partial charge in [0.15, 0.2) is 0 Å². The van der Waals surface area contributed by atoms with E-state index in [0.717, 1.165) is 12.1 Å². The van der Waals surface area contributed by atoms with Gasteiger partial charge >= 0.3 is 5.97 Å². The first-order valence-electron chi connectivity index (χ1n) is 5.60. The lowest BCUT2D eigenvalue weighted by molar-refractivity contribution is 0.0680. The molecule has 0 saturated carbocycles. The Morgan fingerprint density at radius 1 is 1.56 bits per heavy atom. The van der Waals surface area contributed by atoms with Gasteiger partial charge in [-0.15, -0.1) is 0 Å². The molecule has 1 unspecified atom stereocenters. The molecule has 1 atom stereocenters. The van der Waals surface area contributed by atoms with Crippen LogP contribution in [0.3, 0.4) is 0 Å². The number of nitrogens with zero attached hydrogens (tertiary/aromatic N) is 2. The number of hydrogen-bond donors (Lipinski definition) is 1. The molecule has 90 valence electrons. The summed E-state index contributed by atoms with van der Waals surface area (Å²) in [7, 11) is 0. The maximum absolute atomic E-state index is 11.1. The molecule has 0 radical (unpaired) electrons. The molecule has 0 fully saturated rings. The van der Waals surface area contributed by atoms with Crippen LogP contribution in [0.4, 0.5) is 0 Å². The van der Waals surface area contributed by atoms with Gasteiger partial charge in [-0.3, -0.25) is 4.68 Å². The predicted octanol–water partition coefficient (Wildman–Crippen LogP) is 2.85. The van der Waals surface area contributed by atoms with Crippen molar-refractivity contribution in [3.05, 3.63) is 17.5 Å². The van der Waals surface area contributed by atoms with Crippen molar-refractivity contribution in [1.82, 2.24) is 9.78 Å². The lowest BCUT2D eigenvalue weighted by Crippen LogP contribution is -2.15. The number of carboxylic acids is 1. The zero-order chi connectivity index (χ0) is 12.5. The Kier molecular flexibility index (Phi) is 3.41. The van der Waals surface area contributed by atoms with Gasteiger partial charge in [-0.25, -0.2) is 4.79 Å². The zero-order valence-corrected chi connectivity index (χ0v) is 10.6. The molecule has 0 saturated heterocycles. The van der Waals surface area contributed by atoms with E-state index in [1.165, 1.54) is 0 Å². The number of carboxylic acid groups (broad SMARTS) is 1. The number of aromatic carboxylic acids is 1. The number of aromatic nitrogens is 2. The highest BCUT2D eigenvalue weighted by Crippen LogP contribution is 2.24. The van der Waals surface area contributed by atoms with Gasteiger partial charge in [0.05, 0.1) is 5.69 Å². The molecule has 4 heteroatoms. The van der Waals surface area contributed by atoms with E-state index in [-0.39, 0.29) is 17.2 Å². The van der Waals surface area contributed by atoms with Crippen molar-refractivity contribution in [3.63, 3.8) is 0 Å². The Balaban J connectivity index is 3.26. The molecule has 4 nitrogen and oxygen atoms in total. The fourth-order valence-corrected chi connectivity index (χ4v) is 1.43. The highest BCUT2D eigenvalue weighted by Gasteiger charge is 2.23. The molecule has 1 aromatic heterocycles. The van der Waals surface area contributed by atoms with Crippen molar-refractivity contribution in [2.75, 3.05) is 0 Å². The van der Waals surface area contributed by atoms with Crippen molar-refractivity contribution in [2.45, 2.75) is 52.5 Å². The predicted molar refractivity (Wildman–Crippen MR) is 62.9 cm³/mol. The summed E-state index contributed by atoms with van der Waals surface area (Å²) in [5.74, 6) is -0.914. The van der Waals surface area contributed by atoms with Gasteiger partial charge in [0.25, 0.3) is 0 Å². The molecular formula is C12H20N2O2. The van der Waals surface area contributed by atoms with E-state index in [2.05, 4.69) is 5.10 Å². The standard InChI is InChI=1S/C12H20N2O2/c1-6-8(2)14-9(11(15)16)7-10(13-14)12(3,4)5/h7-8H,6H2,1-5H3,(H,15,16). The van der Waals surface area contributed by atoms with Gasteiger partial charge < -0.3 is 5.11 Å². The molecule has 0 aliphatic heterocycles. The van der Waals surface area contributed by atoms with E-state index in [1.54, 1.807) is 10.7 Å². The van der Waals surface area contributed by atoms with Gasteiger partial charge in [0.2, 0.25) is 0 Å². The van der Waals surface area contributed by atoms with Crippen molar-refractivity contribution in [3.8, 4) is 0 Å². The molecule has 1 heterocycles. The van der Waals surface area contributed by atoms with E-state index in [0.29, 0.717) is 0 Å². The summed E-state index contributed by atoms with van der Waals surface area (Å²) in [6, 6.07) is 1.79. The van der Waals surface area contributed by atoms with Crippen LogP contribution in [0.15, 0.2) is 6.07 Å². The smallest absolute Gasteiger partial charge is 0.354 e. The van der Waals surface area contributed by atoms with E-state index >= 15 is 0 Å². The van der Waals surface area contributed by atoms with E-state index < -0.39 is 5.97 Å². The molecule has 0 aliphatic rings. The minimum absolute atomic E-state index is 0.113. The third-order valence-corrected chi connectivity index (χ3v) is 2.73. The summed E-state index contributed by atoms with van der Waals surface area (Å²) in [5.41, 5.74) is 0.979. The Hall–Kier alpha value is -1.32. The van der Waals surface area contributed by atoms with Crippen LogP contribution in [0.2, 0.25) is 0 Å². The third kappa shape index (κ3) is 2.43. The fraction of sp³-hybridized carbons (Fsp3) is 0.667. The summed E-state index contributed by atoms with van der Waals surface area (Å²) in [4.78, 5) is 11.1. The lowest BCUT2D eigenvalue weighted by Gasteiger charge is -2.15. The molecule has 0 amide bonds. The van der Waals surface area contributed by atoms with Crippen molar-refractivity contribution in [2.24, 2.45) is 0 Å². The van der Waals surface area contributed by atoms with Crippen molar-refractivity contribution < 1.29 is 9.90 Å². The zero-order valence-electron chi connectivity index (χ0n) is 10.6. The van der Waals surface area contributed by atoms with E-state index in [4.69, 9.17) is 5.11 Å². The summed E-state index contributed by atoms with van der Waals surface area (Å²) in [6.45, 7) is 10.1. The highest BCUT2D eigenvalue weighted by molar-refractivity contribution is 5.85. The topological polar surface area (TPSA) is 55.1 Å².